The summed E-state index contributed by atoms with van der Waals surface area (Å²) >= 11 is 1.69. The van der Waals surface area contributed by atoms with Crippen molar-refractivity contribution < 1.29 is 19.6 Å². The zero-order valence-corrected chi connectivity index (χ0v) is 14.3. The van der Waals surface area contributed by atoms with E-state index in [1.165, 1.54) is 17.7 Å². The van der Waals surface area contributed by atoms with Crippen molar-refractivity contribution in [2.75, 3.05) is 13.3 Å². The van der Waals surface area contributed by atoms with Crippen LogP contribution in [0.3, 0.4) is 0 Å². The van der Waals surface area contributed by atoms with Gasteiger partial charge in [-0.3, -0.25) is 4.79 Å². The summed E-state index contributed by atoms with van der Waals surface area (Å²) in [6.45, 7) is 2.04. The third kappa shape index (κ3) is 3.71. The van der Waals surface area contributed by atoms with Gasteiger partial charge in [-0.1, -0.05) is 12.1 Å². The van der Waals surface area contributed by atoms with E-state index in [-0.39, 0.29) is 12.7 Å². The zero-order chi connectivity index (χ0) is 16.4. The summed E-state index contributed by atoms with van der Waals surface area (Å²) < 4.78 is 10.8. The summed E-state index contributed by atoms with van der Waals surface area (Å²) in [5.74, 6) is 1.73. The van der Waals surface area contributed by atoms with Gasteiger partial charge in [-0.2, -0.15) is 0 Å². The van der Waals surface area contributed by atoms with Gasteiger partial charge >= 0.3 is 0 Å². The fourth-order valence-corrected chi connectivity index (χ4v) is 3.53. The minimum atomic E-state index is 0.188. The largest absolute Gasteiger partial charge is 0.454 e. The van der Waals surface area contributed by atoms with E-state index in [0.29, 0.717) is 25.7 Å². The van der Waals surface area contributed by atoms with E-state index in [1.54, 1.807) is 11.3 Å². The summed E-state index contributed by atoms with van der Waals surface area (Å²) in [7, 11) is 0. The van der Waals surface area contributed by atoms with E-state index in [0.717, 1.165) is 17.1 Å². The number of rotatable bonds is 7. The van der Waals surface area contributed by atoms with Crippen molar-refractivity contribution in [3.8, 4) is 11.5 Å². The maximum absolute atomic E-state index is 12.7. The first-order valence-corrected chi connectivity index (χ1v) is 9.18. The maximum atomic E-state index is 12.7. The van der Waals surface area contributed by atoms with Gasteiger partial charge in [-0.15, -0.1) is 11.3 Å². The zero-order valence-electron chi connectivity index (χ0n) is 13.4. The lowest BCUT2D eigenvalue weighted by Gasteiger charge is -2.21. The first-order chi connectivity index (χ1) is 11.8. The number of carbonyl (C=O) groups excluding carboxylic acids is 1. The van der Waals surface area contributed by atoms with Crippen LogP contribution in [0.15, 0.2) is 35.7 Å². The van der Waals surface area contributed by atoms with E-state index < -0.39 is 0 Å². The van der Waals surface area contributed by atoms with Gasteiger partial charge in [0, 0.05) is 24.3 Å². The van der Waals surface area contributed by atoms with Crippen LogP contribution in [0.4, 0.5) is 0 Å². The standard InChI is InChI=1S/C18H20N2O3S/c21-18(9-19-14-4-5-14)20(11-15-2-1-7-24-15)10-13-3-6-16-17(8-13)23-12-22-16/h1-3,6-8,14,19H,4-5,9-12H2/p+1. The number of quaternary nitrogens is 1. The molecule has 0 atom stereocenters. The molecule has 6 heteroatoms. The fourth-order valence-electron chi connectivity index (χ4n) is 2.81. The van der Waals surface area contributed by atoms with Crippen molar-refractivity contribution >= 4 is 17.2 Å². The van der Waals surface area contributed by atoms with Crippen LogP contribution in [0.2, 0.25) is 0 Å². The fraction of sp³-hybridized carbons (Fsp3) is 0.389. The van der Waals surface area contributed by atoms with E-state index >= 15 is 0 Å². The molecule has 0 radical (unpaired) electrons. The first-order valence-electron chi connectivity index (χ1n) is 8.30. The van der Waals surface area contributed by atoms with Gasteiger partial charge < -0.3 is 19.7 Å². The molecule has 0 saturated heterocycles. The average Bonchev–Trinajstić information content (AvgIpc) is 3.07. The minimum absolute atomic E-state index is 0.188. The normalized spacial score (nSPS) is 15.5. The second kappa shape index (κ2) is 6.83. The van der Waals surface area contributed by atoms with Crippen molar-refractivity contribution in [2.45, 2.75) is 32.0 Å². The van der Waals surface area contributed by atoms with Crippen molar-refractivity contribution in [3.05, 3.63) is 46.2 Å². The third-order valence-corrected chi connectivity index (χ3v) is 5.20. The van der Waals surface area contributed by atoms with Crippen molar-refractivity contribution in [1.29, 1.82) is 0 Å². The van der Waals surface area contributed by atoms with Crippen LogP contribution in [-0.4, -0.2) is 30.2 Å². The lowest BCUT2D eigenvalue weighted by Crippen LogP contribution is -2.88. The Balaban J connectivity index is 1.46. The van der Waals surface area contributed by atoms with Crippen LogP contribution >= 0.6 is 11.3 Å². The Morgan fingerprint density at radius 1 is 1.21 bits per heavy atom. The number of hydrogen-bond donors (Lipinski definition) is 1. The van der Waals surface area contributed by atoms with Gasteiger partial charge in [-0.05, 0) is 29.1 Å². The highest BCUT2D eigenvalue weighted by Crippen LogP contribution is 2.33. The summed E-state index contributed by atoms with van der Waals surface area (Å²) in [6.07, 6.45) is 2.47. The predicted molar refractivity (Wildman–Crippen MR) is 91.0 cm³/mol. The Labute approximate surface area is 145 Å². The lowest BCUT2D eigenvalue weighted by atomic mass is 10.2. The van der Waals surface area contributed by atoms with Crippen LogP contribution < -0.4 is 14.8 Å². The molecule has 0 spiro atoms. The Kier molecular flexibility index (Phi) is 4.40. The Morgan fingerprint density at radius 2 is 2.08 bits per heavy atom. The molecule has 1 fully saturated rings. The molecular weight excluding hydrogens is 324 g/mol. The number of carbonyl (C=O) groups is 1. The quantitative estimate of drug-likeness (QED) is 0.831. The molecule has 2 aliphatic rings. The third-order valence-electron chi connectivity index (χ3n) is 4.34. The average molecular weight is 345 g/mol. The summed E-state index contributed by atoms with van der Waals surface area (Å²) in [6, 6.07) is 10.7. The van der Waals surface area contributed by atoms with E-state index in [9.17, 15) is 4.79 Å². The van der Waals surface area contributed by atoms with Crippen LogP contribution in [0.1, 0.15) is 23.3 Å². The second-order valence-electron chi connectivity index (χ2n) is 6.29. The van der Waals surface area contributed by atoms with E-state index in [4.69, 9.17) is 9.47 Å². The van der Waals surface area contributed by atoms with Crippen molar-refractivity contribution in [2.24, 2.45) is 0 Å². The smallest absolute Gasteiger partial charge is 0.278 e. The Hall–Kier alpha value is -2.05. The van der Waals surface area contributed by atoms with Gasteiger partial charge in [0.05, 0.1) is 12.6 Å². The molecule has 2 heterocycles. The van der Waals surface area contributed by atoms with Gasteiger partial charge in [0.25, 0.3) is 5.91 Å². The van der Waals surface area contributed by atoms with Gasteiger partial charge in [0.2, 0.25) is 6.79 Å². The molecule has 24 heavy (non-hydrogen) atoms. The SMILES string of the molecule is O=C(C[NH2+]C1CC1)N(Cc1ccc2c(c1)OCO2)Cc1cccs1. The molecule has 4 rings (SSSR count). The highest BCUT2D eigenvalue weighted by molar-refractivity contribution is 7.09. The number of thiophene rings is 1. The molecule has 126 valence electrons. The maximum Gasteiger partial charge on any atom is 0.278 e. The van der Waals surface area contributed by atoms with E-state index in [2.05, 4.69) is 16.8 Å². The number of amides is 1. The lowest BCUT2D eigenvalue weighted by molar-refractivity contribution is -0.658. The molecular formula is C18H21N2O3S+. The monoisotopic (exact) mass is 345 g/mol. The number of nitrogens with two attached hydrogens (primary N) is 1. The van der Waals surface area contributed by atoms with Crippen LogP contribution in [0.5, 0.6) is 11.5 Å². The topological polar surface area (TPSA) is 55.4 Å². The van der Waals surface area contributed by atoms with Gasteiger partial charge in [-0.25, -0.2) is 0 Å². The summed E-state index contributed by atoms with van der Waals surface area (Å²) in [4.78, 5) is 15.8. The van der Waals surface area contributed by atoms with Gasteiger partial charge in [0.15, 0.2) is 18.0 Å². The molecule has 1 aliphatic carbocycles. The van der Waals surface area contributed by atoms with E-state index in [1.807, 2.05) is 29.2 Å². The van der Waals surface area contributed by atoms with Crippen LogP contribution in [0.25, 0.3) is 0 Å². The molecule has 1 aromatic carbocycles. The van der Waals surface area contributed by atoms with Crippen LogP contribution in [0, 0.1) is 0 Å². The minimum Gasteiger partial charge on any atom is -0.454 e. The van der Waals surface area contributed by atoms with Crippen molar-refractivity contribution in [3.63, 3.8) is 0 Å². The number of nitrogens with zero attached hydrogens (tertiary/aromatic N) is 1. The predicted octanol–water partition coefficient (Wildman–Crippen LogP) is 1.73. The number of fused-ring (bicyclic) bond motifs is 1. The highest BCUT2D eigenvalue weighted by atomic mass is 32.1. The highest BCUT2D eigenvalue weighted by Gasteiger charge is 2.27. The molecule has 0 unspecified atom stereocenters. The molecule has 1 saturated carbocycles. The number of hydrogen-bond acceptors (Lipinski definition) is 4. The summed E-state index contributed by atoms with van der Waals surface area (Å²) in [5.41, 5.74) is 1.07. The molecule has 1 aliphatic heterocycles. The molecule has 1 aromatic heterocycles. The molecule has 2 N–H and O–H groups in total. The van der Waals surface area contributed by atoms with Crippen molar-refractivity contribution in [1.82, 2.24) is 4.90 Å². The summed E-state index contributed by atoms with van der Waals surface area (Å²) in [5, 5.41) is 4.22. The second-order valence-corrected chi connectivity index (χ2v) is 7.33. The Morgan fingerprint density at radius 3 is 2.88 bits per heavy atom. The molecule has 0 bridgehead atoms. The van der Waals surface area contributed by atoms with Gasteiger partial charge in [0.1, 0.15) is 0 Å². The van der Waals surface area contributed by atoms with Crippen LogP contribution in [-0.2, 0) is 17.9 Å². The molecule has 1 amide bonds. The first kappa shape index (κ1) is 15.5. The Bertz CT molecular complexity index is 713. The number of ether oxygens (including phenoxy) is 2. The molecule has 2 aromatic rings. The number of benzene rings is 1. The molecule has 5 nitrogen and oxygen atoms in total.